The van der Waals surface area contributed by atoms with E-state index in [0.29, 0.717) is 0 Å². The Morgan fingerprint density at radius 3 is 1.50 bits per heavy atom. The van der Waals surface area contributed by atoms with Crippen LogP contribution in [0.5, 0.6) is 0 Å². The maximum Gasteiger partial charge on any atom is 0.388 e. The van der Waals surface area contributed by atoms with Gasteiger partial charge in [-0.05, 0) is 19.0 Å². The summed E-state index contributed by atoms with van der Waals surface area (Å²) in [6.45, 7) is 1.72. The highest BCUT2D eigenvalue weighted by Gasteiger charge is 2.33. The molecule has 0 fully saturated rings. The van der Waals surface area contributed by atoms with E-state index in [1.807, 2.05) is 0 Å². The molecule has 0 aromatic carbocycles. The van der Waals surface area contributed by atoms with Crippen molar-refractivity contribution in [1.82, 2.24) is 0 Å². The lowest BCUT2D eigenvalue weighted by Crippen LogP contribution is -2.23. The lowest BCUT2D eigenvalue weighted by atomic mass is 10.5. The predicted molar refractivity (Wildman–Crippen MR) is 48.3 cm³/mol. The first-order valence-electron chi connectivity index (χ1n) is 4.75. The minimum atomic E-state index is -4.33. The molecule has 0 aromatic rings. The molecule has 0 aliphatic carbocycles. The molecular weight excluding hydrogens is 254 g/mol. The second-order valence-electron chi connectivity index (χ2n) is 3.20. The van der Waals surface area contributed by atoms with Crippen LogP contribution < -0.4 is 0 Å². The number of halogens is 6. The van der Waals surface area contributed by atoms with Crippen LogP contribution >= 0.6 is 0 Å². The quantitative estimate of drug-likeness (QED) is 0.523. The fourth-order valence-electron chi connectivity index (χ4n) is 1.04. The second kappa shape index (κ2) is 6.48. The summed E-state index contributed by atoms with van der Waals surface area (Å²) in [5.41, 5.74) is 0. The van der Waals surface area contributed by atoms with Gasteiger partial charge in [-0.15, -0.1) is 0 Å². The molecule has 0 heterocycles. The SMILES string of the molecule is CCO[Si](CCC(F)(F)F)CCC(F)(F)F. The van der Waals surface area contributed by atoms with Crippen molar-refractivity contribution in [2.75, 3.05) is 6.61 Å². The van der Waals surface area contributed by atoms with Crippen LogP contribution in [0.25, 0.3) is 0 Å². The molecular formula is C8H13F6OSi. The van der Waals surface area contributed by atoms with Crippen molar-refractivity contribution in [3.05, 3.63) is 0 Å². The Labute approximate surface area is 91.5 Å². The molecule has 0 bridgehead atoms. The van der Waals surface area contributed by atoms with E-state index in [-0.39, 0.29) is 18.7 Å². The van der Waals surface area contributed by atoms with Crippen LogP contribution in [0.4, 0.5) is 26.3 Å². The summed E-state index contributed by atoms with van der Waals surface area (Å²) >= 11 is 0. The Morgan fingerprint density at radius 2 is 1.25 bits per heavy atom. The van der Waals surface area contributed by atoms with E-state index in [2.05, 4.69) is 0 Å². The normalized spacial score (nSPS) is 13.5. The molecule has 0 aliphatic heterocycles. The van der Waals surface area contributed by atoms with Crippen molar-refractivity contribution in [3.8, 4) is 0 Å². The summed E-state index contributed by atoms with van der Waals surface area (Å²) in [6, 6.07) is -0.643. The van der Waals surface area contributed by atoms with Crippen LogP contribution in [0, 0.1) is 0 Å². The van der Waals surface area contributed by atoms with E-state index >= 15 is 0 Å². The highest BCUT2D eigenvalue weighted by Crippen LogP contribution is 2.27. The molecule has 0 N–H and O–H groups in total. The highest BCUT2D eigenvalue weighted by atomic mass is 28.3. The summed E-state index contributed by atoms with van der Waals surface area (Å²) < 4.78 is 76.1. The van der Waals surface area contributed by atoms with Gasteiger partial charge >= 0.3 is 12.4 Å². The lowest BCUT2D eigenvalue weighted by molar-refractivity contribution is -0.132. The van der Waals surface area contributed by atoms with Crippen molar-refractivity contribution in [2.24, 2.45) is 0 Å². The Kier molecular flexibility index (Phi) is 6.38. The van der Waals surface area contributed by atoms with Crippen molar-refractivity contribution in [1.29, 1.82) is 0 Å². The molecule has 0 rings (SSSR count). The van der Waals surface area contributed by atoms with Crippen molar-refractivity contribution < 1.29 is 30.8 Å². The molecule has 0 spiro atoms. The van der Waals surface area contributed by atoms with Gasteiger partial charge in [0.15, 0.2) is 0 Å². The van der Waals surface area contributed by atoms with Gasteiger partial charge in [-0.1, -0.05) is 0 Å². The zero-order valence-electron chi connectivity index (χ0n) is 8.71. The average Bonchev–Trinajstić information content (AvgIpc) is 2.07. The van der Waals surface area contributed by atoms with Gasteiger partial charge in [0.05, 0.1) is 0 Å². The molecule has 0 unspecified atom stereocenters. The van der Waals surface area contributed by atoms with E-state index in [9.17, 15) is 26.3 Å². The van der Waals surface area contributed by atoms with Gasteiger partial charge in [-0.25, -0.2) is 0 Å². The predicted octanol–water partition coefficient (Wildman–Crippen LogP) is 3.92. The van der Waals surface area contributed by atoms with Crippen molar-refractivity contribution in [2.45, 2.75) is 44.2 Å². The summed E-state index contributed by atoms with van der Waals surface area (Å²) in [5, 5.41) is 0. The number of rotatable bonds is 6. The van der Waals surface area contributed by atoms with E-state index < -0.39 is 34.2 Å². The van der Waals surface area contributed by atoms with Crippen LogP contribution in [-0.4, -0.2) is 28.0 Å². The molecule has 0 saturated heterocycles. The molecule has 1 radical (unpaired) electrons. The van der Waals surface area contributed by atoms with Gasteiger partial charge in [0.25, 0.3) is 0 Å². The first kappa shape index (κ1) is 15.8. The zero-order valence-corrected chi connectivity index (χ0v) is 9.71. The van der Waals surface area contributed by atoms with Gasteiger partial charge < -0.3 is 4.43 Å². The van der Waals surface area contributed by atoms with Crippen LogP contribution in [0.15, 0.2) is 0 Å². The fraction of sp³-hybridized carbons (Fsp3) is 1.00. The smallest absolute Gasteiger partial charge is 0.388 e. The van der Waals surface area contributed by atoms with E-state index in [0.717, 1.165) is 0 Å². The molecule has 0 saturated carbocycles. The molecule has 0 aliphatic rings. The van der Waals surface area contributed by atoms with Gasteiger partial charge in [0.2, 0.25) is 9.04 Å². The average molecular weight is 267 g/mol. The Balaban J connectivity index is 3.98. The Morgan fingerprint density at radius 1 is 0.875 bits per heavy atom. The second-order valence-corrected chi connectivity index (χ2v) is 5.57. The maximum absolute atomic E-state index is 11.9. The molecule has 1 nitrogen and oxygen atoms in total. The van der Waals surface area contributed by atoms with Gasteiger partial charge in [-0.2, -0.15) is 26.3 Å². The maximum atomic E-state index is 11.9. The molecule has 97 valence electrons. The molecule has 0 atom stereocenters. The first-order chi connectivity index (χ1) is 7.14. The minimum absolute atomic E-state index is 0.157. The first-order valence-corrected chi connectivity index (χ1v) is 6.57. The standard InChI is InChI=1S/C8H13F6OSi/c1-2-15-16(5-3-7(9,10)11)6-4-8(12,13)14/h2-6H2,1H3. The van der Waals surface area contributed by atoms with Crippen LogP contribution in [0.2, 0.25) is 12.1 Å². The van der Waals surface area contributed by atoms with E-state index in [1.54, 1.807) is 6.92 Å². The van der Waals surface area contributed by atoms with Gasteiger partial charge in [0, 0.05) is 19.4 Å². The third kappa shape index (κ3) is 10.3. The fourth-order valence-corrected chi connectivity index (χ4v) is 3.11. The summed E-state index contributed by atoms with van der Waals surface area (Å²) in [4.78, 5) is 0. The molecule has 16 heavy (non-hydrogen) atoms. The molecule has 0 aromatic heterocycles. The number of alkyl halides is 6. The van der Waals surface area contributed by atoms with Crippen molar-refractivity contribution >= 4 is 9.04 Å². The third-order valence-corrected chi connectivity index (χ3v) is 4.04. The van der Waals surface area contributed by atoms with Gasteiger partial charge in [0.1, 0.15) is 0 Å². The lowest BCUT2D eigenvalue weighted by Gasteiger charge is -2.16. The largest absolute Gasteiger partial charge is 0.417 e. The van der Waals surface area contributed by atoms with Crippen molar-refractivity contribution in [3.63, 3.8) is 0 Å². The van der Waals surface area contributed by atoms with Crippen LogP contribution in [0.3, 0.4) is 0 Å². The zero-order chi connectivity index (χ0) is 12.8. The Hall–Kier alpha value is -0.243. The number of hydrogen-bond acceptors (Lipinski definition) is 1. The summed E-state index contributed by atoms with van der Waals surface area (Å²) in [5.74, 6) is 0. The van der Waals surface area contributed by atoms with E-state index in [4.69, 9.17) is 4.43 Å². The monoisotopic (exact) mass is 267 g/mol. The molecule has 8 heteroatoms. The highest BCUT2D eigenvalue weighted by molar-refractivity contribution is 6.51. The topological polar surface area (TPSA) is 9.23 Å². The number of hydrogen-bond donors (Lipinski definition) is 0. The summed E-state index contributed by atoms with van der Waals surface area (Å²) in [6.07, 6.45) is -10.8. The minimum Gasteiger partial charge on any atom is -0.417 e. The van der Waals surface area contributed by atoms with E-state index in [1.165, 1.54) is 0 Å². The molecule has 0 amide bonds. The third-order valence-electron chi connectivity index (χ3n) is 1.72. The Bertz CT molecular complexity index is 172. The van der Waals surface area contributed by atoms with Crippen LogP contribution in [-0.2, 0) is 4.43 Å². The van der Waals surface area contributed by atoms with Gasteiger partial charge in [-0.3, -0.25) is 0 Å². The summed E-state index contributed by atoms with van der Waals surface area (Å²) in [7, 11) is -2.00. The van der Waals surface area contributed by atoms with Crippen LogP contribution in [0.1, 0.15) is 19.8 Å².